The molecule has 0 saturated carbocycles. The minimum atomic E-state index is -0.188. The van der Waals surface area contributed by atoms with E-state index < -0.39 is 0 Å². The molecule has 9 nitrogen and oxygen atoms in total. The standard InChI is InChI=1S/C20H26N6O3/c1-3-26(15-6-9-25(13-15)20(28)17-10-14(2)23-29-17)19(27)16-11-21-12-18(22-16)24-7-4-5-8-24/h10-12,15H,3-9,13H2,1-2H3. The average Bonchev–Trinajstić information content (AvgIpc) is 3.50. The summed E-state index contributed by atoms with van der Waals surface area (Å²) in [6, 6.07) is 1.58. The minimum Gasteiger partial charge on any atom is -0.355 e. The van der Waals surface area contributed by atoms with Crippen LogP contribution in [0.5, 0.6) is 0 Å². The van der Waals surface area contributed by atoms with Gasteiger partial charge in [-0.2, -0.15) is 0 Å². The number of nitrogens with zero attached hydrogens (tertiary/aromatic N) is 6. The molecule has 2 aromatic heterocycles. The average molecular weight is 398 g/mol. The fourth-order valence-corrected chi connectivity index (χ4v) is 4.07. The zero-order valence-electron chi connectivity index (χ0n) is 16.9. The van der Waals surface area contributed by atoms with Gasteiger partial charge in [0.25, 0.3) is 11.8 Å². The van der Waals surface area contributed by atoms with Crippen molar-refractivity contribution in [3.05, 3.63) is 35.6 Å². The van der Waals surface area contributed by atoms with E-state index in [0.29, 0.717) is 31.0 Å². The van der Waals surface area contributed by atoms with Gasteiger partial charge >= 0.3 is 0 Å². The van der Waals surface area contributed by atoms with Gasteiger partial charge in [0.15, 0.2) is 0 Å². The molecule has 29 heavy (non-hydrogen) atoms. The van der Waals surface area contributed by atoms with Crippen LogP contribution < -0.4 is 4.90 Å². The van der Waals surface area contributed by atoms with Crippen molar-refractivity contribution in [2.45, 2.75) is 39.2 Å². The summed E-state index contributed by atoms with van der Waals surface area (Å²) in [5, 5.41) is 3.78. The number of anilines is 1. The molecule has 2 saturated heterocycles. The molecular weight excluding hydrogens is 372 g/mol. The fraction of sp³-hybridized carbons (Fsp3) is 0.550. The fourth-order valence-electron chi connectivity index (χ4n) is 4.07. The lowest BCUT2D eigenvalue weighted by atomic mass is 10.2. The number of rotatable bonds is 5. The van der Waals surface area contributed by atoms with Crippen LogP contribution in [0, 0.1) is 6.92 Å². The largest absolute Gasteiger partial charge is 0.355 e. The Morgan fingerprint density at radius 1 is 1.24 bits per heavy atom. The minimum absolute atomic E-state index is 0.0577. The lowest BCUT2D eigenvalue weighted by Gasteiger charge is -2.27. The lowest BCUT2D eigenvalue weighted by Crippen LogP contribution is -2.43. The third-order valence-corrected chi connectivity index (χ3v) is 5.60. The molecule has 9 heteroatoms. The van der Waals surface area contributed by atoms with Gasteiger partial charge in [0.2, 0.25) is 5.76 Å². The lowest BCUT2D eigenvalue weighted by molar-refractivity contribution is 0.0651. The van der Waals surface area contributed by atoms with Crippen molar-refractivity contribution in [1.29, 1.82) is 0 Å². The topological polar surface area (TPSA) is 95.7 Å². The molecule has 0 aromatic carbocycles. The van der Waals surface area contributed by atoms with Gasteiger partial charge in [-0.15, -0.1) is 0 Å². The molecule has 2 aromatic rings. The van der Waals surface area contributed by atoms with Crippen molar-refractivity contribution in [3.8, 4) is 0 Å². The highest BCUT2D eigenvalue weighted by molar-refractivity contribution is 5.93. The molecule has 2 fully saturated rings. The predicted octanol–water partition coefficient (Wildman–Crippen LogP) is 1.75. The molecule has 0 radical (unpaired) electrons. The monoisotopic (exact) mass is 398 g/mol. The molecule has 0 spiro atoms. The third kappa shape index (κ3) is 3.94. The maximum absolute atomic E-state index is 13.2. The highest BCUT2D eigenvalue weighted by atomic mass is 16.5. The van der Waals surface area contributed by atoms with E-state index in [1.54, 1.807) is 29.0 Å². The summed E-state index contributed by atoms with van der Waals surface area (Å²) in [6.07, 6.45) is 6.24. The van der Waals surface area contributed by atoms with E-state index >= 15 is 0 Å². The number of aryl methyl sites for hydroxylation is 1. The molecule has 4 heterocycles. The van der Waals surface area contributed by atoms with E-state index in [-0.39, 0.29) is 23.6 Å². The second-order valence-corrected chi connectivity index (χ2v) is 7.57. The van der Waals surface area contributed by atoms with Gasteiger partial charge in [0.1, 0.15) is 11.5 Å². The summed E-state index contributed by atoms with van der Waals surface area (Å²) in [5.41, 5.74) is 1.03. The van der Waals surface area contributed by atoms with E-state index in [2.05, 4.69) is 20.0 Å². The van der Waals surface area contributed by atoms with Crippen LogP contribution in [0.2, 0.25) is 0 Å². The zero-order chi connectivity index (χ0) is 20.4. The first-order chi connectivity index (χ1) is 14.1. The Bertz CT molecular complexity index is 892. The maximum atomic E-state index is 13.2. The van der Waals surface area contributed by atoms with Crippen molar-refractivity contribution in [2.75, 3.05) is 37.6 Å². The maximum Gasteiger partial charge on any atom is 0.292 e. The van der Waals surface area contributed by atoms with Crippen LogP contribution in [0.15, 0.2) is 23.0 Å². The number of hydrogen-bond donors (Lipinski definition) is 0. The Hall–Kier alpha value is -2.97. The number of carbonyl (C=O) groups is 2. The Kier molecular flexibility index (Phi) is 5.46. The molecule has 2 amide bonds. The van der Waals surface area contributed by atoms with Crippen molar-refractivity contribution < 1.29 is 14.1 Å². The van der Waals surface area contributed by atoms with Crippen molar-refractivity contribution >= 4 is 17.6 Å². The molecular formula is C20H26N6O3. The van der Waals surface area contributed by atoms with Crippen molar-refractivity contribution in [2.24, 2.45) is 0 Å². The Morgan fingerprint density at radius 3 is 2.72 bits per heavy atom. The molecule has 2 aliphatic heterocycles. The smallest absolute Gasteiger partial charge is 0.292 e. The summed E-state index contributed by atoms with van der Waals surface area (Å²) in [4.78, 5) is 40.2. The van der Waals surface area contributed by atoms with E-state index in [1.165, 1.54) is 6.20 Å². The number of hydrogen-bond acceptors (Lipinski definition) is 7. The summed E-state index contributed by atoms with van der Waals surface area (Å²) >= 11 is 0. The second kappa shape index (κ2) is 8.18. The Morgan fingerprint density at radius 2 is 2.03 bits per heavy atom. The van der Waals surface area contributed by atoms with Gasteiger partial charge in [0.05, 0.1) is 24.1 Å². The molecule has 0 N–H and O–H groups in total. The number of likely N-dealkylation sites (N-methyl/N-ethyl adjacent to an activating group) is 1. The van der Waals surface area contributed by atoms with Gasteiger partial charge in [-0.25, -0.2) is 4.98 Å². The van der Waals surface area contributed by atoms with Gasteiger partial charge < -0.3 is 19.2 Å². The van der Waals surface area contributed by atoms with Crippen LogP contribution in [-0.2, 0) is 0 Å². The highest BCUT2D eigenvalue weighted by Gasteiger charge is 2.34. The molecule has 1 unspecified atom stereocenters. The van der Waals surface area contributed by atoms with Gasteiger partial charge in [-0.1, -0.05) is 5.16 Å². The number of likely N-dealkylation sites (tertiary alicyclic amines) is 1. The van der Waals surface area contributed by atoms with E-state index in [1.807, 2.05) is 6.92 Å². The summed E-state index contributed by atoms with van der Waals surface area (Å²) < 4.78 is 5.09. The van der Waals surface area contributed by atoms with Crippen LogP contribution in [-0.4, -0.2) is 75.5 Å². The SMILES string of the molecule is CCN(C(=O)c1cncc(N2CCCC2)n1)C1CCN(C(=O)c2cc(C)no2)C1. The van der Waals surface area contributed by atoms with Crippen LogP contribution in [0.25, 0.3) is 0 Å². The Labute approximate surface area is 169 Å². The van der Waals surface area contributed by atoms with E-state index in [4.69, 9.17) is 4.52 Å². The molecule has 0 aliphatic carbocycles. The van der Waals surface area contributed by atoms with E-state index in [0.717, 1.165) is 38.2 Å². The van der Waals surface area contributed by atoms with Crippen molar-refractivity contribution in [3.63, 3.8) is 0 Å². The second-order valence-electron chi connectivity index (χ2n) is 7.57. The summed E-state index contributed by atoms with van der Waals surface area (Å²) in [6.45, 7) is 7.21. The summed E-state index contributed by atoms with van der Waals surface area (Å²) in [7, 11) is 0. The molecule has 4 rings (SSSR count). The normalized spacial score (nSPS) is 19.0. The van der Waals surface area contributed by atoms with Crippen molar-refractivity contribution in [1.82, 2.24) is 24.9 Å². The zero-order valence-corrected chi connectivity index (χ0v) is 16.9. The number of aromatic nitrogens is 3. The van der Waals surface area contributed by atoms with Crippen LogP contribution in [0.1, 0.15) is 52.9 Å². The van der Waals surface area contributed by atoms with E-state index in [9.17, 15) is 9.59 Å². The first-order valence-electron chi connectivity index (χ1n) is 10.2. The quantitative estimate of drug-likeness (QED) is 0.757. The first kappa shape index (κ1) is 19.4. The Balaban J connectivity index is 1.45. The van der Waals surface area contributed by atoms with Crippen LogP contribution >= 0.6 is 0 Å². The summed E-state index contributed by atoms with van der Waals surface area (Å²) in [5.74, 6) is 0.665. The highest BCUT2D eigenvalue weighted by Crippen LogP contribution is 2.21. The number of carbonyl (C=O) groups excluding carboxylic acids is 2. The van der Waals surface area contributed by atoms with Gasteiger partial charge in [-0.05, 0) is 33.1 Å². The molecule has 1 atom stereocenters. The van der Waals surface area contributed by atoms with Gasteiger partial charge in [-0.3, -0.25) is 14.6 Å². The molecule has 154 valence electrons. The molecule has 0 bridgehead atoms. The third-order valence-electron chi connectivity index (χ3n) is 5.60. The predicted molar refractivity (Wildman–Crippen MR) is 106 cm³/mol. The first-order valence-corrected chi connectivity index (χ1v) is 10.2. The molecule has 2 aliphatic rings. The van der Waals surface area contributed by atoms with Gasteiger partial charge in [0, 0.05) is 38.8 Å². The number of amides is 2. The van der Waals surface area contributed by atoms with Crippen LogP contribution in [0.4, 0.5) is 5.82 Å². The van der Waals surface area contributed by atoms with Crippen LogP contribution in [0.3, 0.4) is 0 Å².